The molecule has 78 valence electrons. The second-order valence-corrected chi connectivity index (χ2v) is 3.46. The van der Waals surface area contributed by atoms with Gasteiger partial charge < -0.3 is 4.90 Å². The first-order chi connectivity index (χ1) is 6.74. The molecule has 0 bridgehead atoms. The number of anilines is 1. The van der Waals surface area contributed by atoms with Crippen LogP contribution in [0.4, 0.5) is 5.82 Å². The molecule has 1 heterocycles. The van der Waals surface area contributed by atoms with Crippen LogP contribution in [0, 0.1) is 6.92 Å². The van der Waals surface area contributed by atoms with Crippen molar-refractivity contribution in [2.45, 2.75) is 34.1 Å². The van der Waals surface area contributed by atoms with Gasteiger partial charge in [-0.05, 0) is 44.4 Å². The van der Waals surface area contributed by atoms with Crippen LogP contribution in [0.2, 0.25) is 0 Å². The molecule has 0 aliphatic heterocycles. The smallest absolute Gasteiger partial charge is 0.131 e. The van der Waals surface area contributed by atoms with E-state index in [0.717, 1.165) is 25.3 Å². The Morgan fingerprint density at radius 3 is 2.36 bits per heavy atom. The Labute approximate surface area is 87.0 Å². The molecule has 0 saturated carbocycles. The second kappa shape index (κ2) is 4.99. The molecule has 1 aromatic rings. The SMILES string of the molecule is CCc1c(C)ccnc1N(CC)CC. The zero-order valence-corrected chi connectivity index (χ0v) is 9.67. The average molecular weight is 192 g/mol. The van der Waals surface area contributed by atoms with E-state index < -0.39 is 0 Å². The number of nitrogens with zero attached hydrogens (tertiary/aromatic N) is 2. The van der Waals surface area contributed by atoms with Crippen LogP contribution in [0.25, 0.3) is 0 Å². The molecule has 0 amide bonds. The fraction of sp³-hybridized carbons (Fsp3) is 0.583. The minimum absolute atomic E-state index is 1.03. The molecule has 2 heteroatoms. The molecular weight excluding hydrogens is 172 g/mol. The van der Waals surface area contributed by atoms with Gasteiger partial charge in [0, 0.05) is 19.3 Å². The third-order valence-electron chi connectivity index (χ3n) is 2.68. The topological polar surface area (TPSA) is 16.1 Å². The van der Waals surface area contributed by atoms with Gasteiger partial charge in [0.05, 0.1) is 0 Å². The highest BCUT2D eigenvalue weighted by atomic mass is 15.2. The molecule has 0 fully saturated rings. The first-order valence-electron chi connectivity index (χ1n) is 5.43. The molecule has 0 aliphatic carbocycles. The van der Waals surface area contributed by atoms with Crippen molar-refractivity contribution in [2.24, 2.45) is 0 Å². The zero-order valence-electron chi connectivity index (χ0n) is 9.67. The Morgan fingerprint density at radius 1 is 1.21 bits per heavy atom. The molecule has 0 N–H and O–H groups in total. The zero-order chi connectivity index (χ0) is 10.6. The fourth-order valence-electron chi connectivity index (χ4n) is 1.81. The summed E-state index contributed by atoms with van der Waals surface area (Å²) >= 11 is 0. The van der Waals surface area contributed by atoms with E-state index in [9.17, 15) is 0 Å². The van der Waals surface area contributed by atoms with Gasteiger partial charge in [-0.15, -0.1) is 0 Å². The first kappa shape index (κ1) is 11.0. The van der Waals surface area contributed by atoms with Crippen LogP contribution in [0.1, 0.15) is 31.9 Å². The minimum atomic E-state index is 1.03. The Bertz CT molecular complexity index is 290. The maximum atomic E-state index is 4.48. The Balaban J connectivity index is 3.11. The minimum Gasteiger partial charge on any atom is -0.357 e. The van der Waals surface area contributed by atoms with E-state index in [2.05, 4.69) is 43.6 Å². The number of aromatic nitrogens is 1. The maximum Gasteiger partial charge on any atom is 0.131 e. The standard InChI is InChI=1S/C12H20N2/c1-5-11-10(4)8-9-13-12(11)14(6-2)7-3/h8-9H,5-7H2,1-4H3. The van der Waals surface area contributed by atoms with Gasteiger partial charge in [-0.3, -0.25) is 0 Å². The molecule has 0 radical (unpaired) electrons. The van der Waals surface area contributed by atoms with E-state index in [1.54, 1.807) is 0 Å². The molecule has 0 saturated heterocycles. The van der Waals surface area contributed by atoms with Crippen molar-refractivity contribution in [1.82, 2.24) is 4.98 Å². The van der Waals surface area contributed by atoms with Crippen LogP contribution in [0.5, 0.6) is 0 Å². The van der Waals surface area contributed by atoms with Crippen LogP contribution in [-0.4, -0.2) is 18.1 Å². The lowest BCUT2D eigenvalue weighted by atomic mass is 10.1. The molecule has 1 rings (SSSR count). The third kappa shape index (κ3) is 2.06. The number of hydrogen-bond acceptors (Lipinski definition) is 2. The number of aryl methyl sites for hydroxylation is 1. The van der Waals surface area contributed by atoms with Crippen LogP contribution in [0.3, 0.4) is 0 Å². The Kier molecular flexibility index (Phi) is 3.93. The lowest BCUT2D eigenvalue weighted by Gasteiger charge is -2.23. The van der Waals surface area contributed by atoms with E-state index in [-0.39, 0.29) is 0 Å². The first-order valence-corrected chi connectivity index (χ1v) is 5.43. The van der Waals surface area contributed by atoms with Gasteiger partial charge in [-0.25, -0.2) is 4.98 Å². The van der Waals surface area contributed by atoms with E-state index in [1.807, 2.05) is 6.20 Å². The van der Waals surface area contributed by atoms with Gasteiger partial charge in [0.25, 0.3) is 0 Å². The van der Waals surface area contributed by atoms with Gasteiger partial charge >= 0.3 is 0 Å². The Morgan fingerprint density at radius 2 is 1.86 bits per heavy atom. The summed E-state index contributed by atoms with van der Waals surface area (Å²) in [6.45, 7) is 10.8. The fourth-order valence-corrected chi connectivity index (χ4v) is 1.81. The van der Waals surface area contributed by atoms with Crippen LogP contribution in [-0.2, 0) is 6.42 Å². The summed E-state index contributed by atoms with van der Waals surface area (Å²) in [5.74, 6) is 1.16. The lowest BCUT2D eigenvalue weighted by molar-refractivity contribution is 0.831. The summed E-state index contributed by atoms with van der Waals surface area (Å²) in [5, 5.41) is 0. The summed E-state index contributed by atoms with van der Waals surface area (Å²) < 4.78 is 0. The summed E-state index contributed by atoms with van der Waals surface area (Å²) in [6.07, 6.45) is 2.97. The van der Waals surface area contributed by atoms with E-state index >= 15 is 0 Å². The third-order valence-corrected chi connectivity index (χ3v) is 2.68. The van der Waals surface area contributed by atoms with Gasteiger partial charge in [-0.1, -0.05) is 6.92 Å². The number of pyridine rings is 1. The number of rotatable bonds is 4. The molecule has 14 heavy (non-hydrogen) atoms. The summed E-state index contributed by atoms with van der Waals surface area (Å²) in [5.41, 5.74) is 2.74. The second-order valence-electron chi connectivity index (χ2n) is 3.46. The summed E-state index contributed by atoms with van der Waals surface area (Å²) in [4.78, 5) is 6.79. The summed E-state index contributed by atoms with van der Waals surface area (Å²) in [6, 6.07) is 2.09. The van der Waals surface area contributed by atoms with Crippen LogP contribution in [0.15, 0.2) is 12.3 Å². The highest BCUT2D eigenvalue weighted by molar-refractivity contribution is 5.50. The molecular formula is C12H20N2. The lowest BCUT2D eigenvalue weighted by Crippen LogP contribution is -2.24. The van der Waals surface area contributed by atoms with Gasteiger partial charge in [-0.2, -0.15) is 0 Å². The highest BCUT2D eigenvalue weighted by Crippen LogP contribution is 2.20. The molecule has 1 aromatic heterocycles. The van der Waals surface area contributed by atoms with Crippen molar-refractivity contribution < 1.29 is 0 Å². The molecule has 0 spiro atoms. The molecule has 0 unspecified atom stereocenters. The molecule has 0 aromatic carbocycles. The van der Waals surface area contributed by atoms with Gasteiger partial charge in [0.1, 0.15) is 5.82 Å². The monoisotopic (exact) mass is 192 g/mol. The van der Waals surface area contributed by atoms with E-state index in [1.165, 1.54) is 11.1 Å². The van der Waals surface area contributed by atoms with Crippen molar-refractivity contribution in [3.8, 4) is 0 Å². The van der Waals surface area contributed by atoms with Crippen molar-refractivity contribution >= 4 is 5.82 Å². The number of hydrogen-bond donors (Lipinski definition) is 0. The molecule has 2 nitrogen and oxygen atoms in total. The van der Waals surface area contributed by atoms with Crippen molar-refractivity contribution in [3.05, 3.63) is 23.4 Å². The summed E-state index contributed by atoms with van der Waals surface area (Å²) in [7, 11) is 0. The van der Waals surface area contributed by atoms with E-state index in [4.69, 9.17) is 0 Å². The predicted molar refractivity (Wildman–Crippen MR) is 61.9 cm³/mol. The molecule has 0 aliphatic rings. The quantitative estimate of drug-likeness (QED) is 0.729. The van der Waals surface area contributed by atoms with Crippen molar-refractivity contribution in [2.75, 3.05) is 18.0 Å². The van der Waals surface area contributed by atoms with Gasteiger partial charge in [0.2, 0.25) is 0 Å². The van der Waals surface area contributed by atoms with Crippen LogP contribution < -0.4 is 4.90 Å². The Hall–Kier alpha value is -1.05. The maximum absolute atomic E-state index is 4.48. The van der Waals surface area contributed by atoms with Crippen molar-refractivity contribution in [1.29, 1.82) is 0 Å². The predicted octanol–water partition coefficient (Wildman–Crippen LogP) is 2.80. The van der Waals surface area contributed by atoms with Crippen LogP contribution >= 0.6 is 0 Å². The average Bonchev–Trinajstić information content (AvgIpc) is 2.20. The largest absolute Gasteiger partial charge is 0.357 e. The van der Waals surface area contributed by atoms with Crippen molar-refractivity contribution in [3.63, 3.8) is 0 Å². The normalized spacial score (nSPS) is 10.3. The molecule has 0 atom stereocenters. The highest BCUT2D eigenvalue weighted by Gasteiger charge is 2.09. The van der Waals surface area contributed by atoms with Gasteiger partial charge in [0.15, 0.2) is 0 Å². The van der Waals surface area contributed by atoms with E-state index in [0.29, 0.717) is 0 Å².